The number of rotatable bonds is 5. The van der Waals surface area contributed by atoms with Crippen LogP contribution in [0, 0.1) is 0 Å². The largest absolute Gasteiger partial charge is 0.482 e. The Hall–Kier alpha value is -3.68. The molecular formula is C20H16N2O6. The van der Waals surface area contributed by atoms with E-state index in [2.05, 4.69) is 5.32 Å². The van der Waals surface area contributed by atoms with E-state index in [1.807, 2.05) is 0 Å². The van der Waals surface area contributed by atoms with Crippen LogP contribution >= 0.6 is 0 Å². The Balaban J connectivity index is 1.31. The molecule has 0 unspecified atom stereocenters. The maximum absolute atomic E-state index is 12.3. The summed E-state index contributed by atoms with van der Waals surface area (Å²) in [7, 11) is 0. The Labute approximate surface area is 160 Å². The molecule has 2 aliphatic rings. The van der Waals surface area contributed by atoms with E-state index in [1.165, 1.54) is 6.07 Å². The van der Waals surface area contributed by atoms with E-state index in [-0.39, 0.29) is 49.5 Å². The number of ether oxygens (including phenoxy) is 2. The van der Waals surface area contributed by atoms with E-state index >= 15 is 0 Å². The molecule has 2 aromatic rings. The quantitative estimate of drug-likeness (QED) is 0.484. The molecule has 8 heteroatoms. The van der Waals surface area contributed by atoms with Gasteiger partial charge in [0.25, 0.3) is 17.7 Å². The first-order chi connectivity index (χ1) is 13.5. The average molecular weight is 380 g/mol. The molecule has 2 heterocycles. The van der Waals surface area contributed by atoms with Crippen LogP contribution in [0.1, 0.15) is 33.6 Å². The van der Waals surface area contributed by atoms with E-state index in [0.717, 1.165) is 4.90 Å². The number of hydrogen-bond donors (Lipinski definition) is 1. The highest BCUT2D eigenvalue weighted by atomic mass is 16.5. The molecule has 0 bridgehead atoms. The smallest absolute Gasteiger partial charge is 0.311 e. The number of anilines is 1. The lowest BCUT2D eigenvalue weighted by Crippen LogP contribution is -2.31. The van der Waals surface area contributed by atoms with Crippen molar-refractivity contribution in [1.29, 1.82) is 0 Å². The molecule has 0 saturated heterocycles. The highest BCUT2D eigenvalue weighted by Crippen LogP contribution is 2.31. The predicted molar refractivity (Wildman–Crippen MR) is 97.2 cm³/mol. The monoisotopic (exact) mass is 380 g/mol. The van der Waals surface area contributed by atoms with Gasteiger partial charge in [-0.2, -0.15) is 0 Å². The second-order valence-electron chi connectivity index (χ2n) is 6.38. The molecule has 0 aromatic heterocycles. The van der Waals surface area contributed by atoms with Crippen molar-refractivity contribution >= 4 is 29.4 Å². The van der Waals surface area contributed by atoms with Gasteiger partial charge in [-0.3, -0.25) is 24.1 Å². The third-order valence-electron chi connectivity index (χ3n) is 4.46. The molecule has 3 amide bonds. The van der Waals surface area contributed by atoms with Crippen LogP contribution in [-0.2, 0) is 9.59 Å². The highest BCUT2D eigenvalue weighted by Gasteiger charge is 2.34. The molecule has 0 spiro atoms. The van der Waals surface area contributed by atoms with Gasteiger partial charge < -0.3 is 14.8 Å². The van der Waals surface area contributed by atoms with Crippen molar-refractivity contribution in [3.05, 3.63) is 53.6 Å². The van der Waals surface area contributed by atoms with Crippen LogP contribution < -0.4 is 14.8 Å². The third kappa shape index (κ3) is 3.32. The summed E-state index contributed by atoms with van der Waals surface area (Å²) in [4.78, 5) is 49.1. The van der Waals surface area contributed by atoms with Gasteiger partial charge in [0.15, 0.2) is 6.61 Å². The minimum absolute atomic E-state index is 0.0351. The molecule has 0 saturated carbocycles. The first-order valence-electron chi connectivity index (χ1n) is 8.75. The molecule has 4 rings (SSSR count). The van der Waals surface area contributed by atoms with Gasteiger partial charge in [-0.05, 0) is 30.7 Å². The molecule has 0 fully saturated rings. The lowest BCUT2D eigenvalue weighted by Gasteiger charge is -2.18. The van der Waals surface area contributed by atoms with Gasteiger partial charge in [-0.1, -0.05) is 12.1 Å². The Morgan fingerprint density at radius 3 is 2.50 bits per heavy atom. The average Bonchev–Trinajstić information content (AvgIpc) is 2.93. The number of carbonyl (C=O) groups is 4. The van der Waals surface area contributed by atoms with Crippen molar-refractivity contribution in [3.8, 4) is 11.5 Å². The number of nitrogens with one attached hydrogen (secondary N) is 1. The van der Waals surface area contributed by atoms with Gasteiger partial charge in [0, 0.05) is 19.0 Å². The second kappa shape index (κ2) is 7.15. The van der Waals surface area contributed by atoms with Crippen molar-refractivity contribution < 1.29 is 28.7 Å². The number of nitrogens with zero attached hydrogens (tertiary/aromatic N) is 1. The maximum Gasteiger partial charge on any atom is 0.311 e. The van der Waals surface area contributed by atoms with Gasteiger partial charge in [0.2, 0.25) is 0 Å². The fourth-order valence-corrected chi connectivity index (χ4v) is 3.13. The summed E-state index contributed by atoms with van der Waals surface area (Å²) in [5, 5.41) is 2.64. The second-order valence-corrected chi connectivity index (χ2v) is 6.38. The Kier molecular flexibility index (Phi) is 4.52. The number of benzene rings is 2. The molecule has 142 valence electrons. The minimum Gasteiger partial charge on any atom is -0.482 e. The van der Waals surface area contributed by atoms with Crippen LogP contribution in [0.15, 0.2) is 42.5 Å². The van der Waals surface area contributed by atoms with Crippen molar-refractivity contribution in [3.63, 3.8) is 0 Å². The number of carbonyl (C=O) groups excluding carboxylic acids is 4. The number of fused-ring (bicyclic) bond motifs is 2. The van der Waals surface area contributed by atoms with E-state index in [0.29, 0.717) is 22.6 Å². The van der Waals surface area contributed by atoms with E-state index in [1.54, 1.807) is 36.4 Å². The first-order valence-corrected chi connectivity index (χ1v) is 8.75. The summed E-state index contributed by atoms with van der Waals surface area (Å²) in [6, 6.07) is 11.3. The maximum atomic E-state index is 12.3. The minimum atomic E-state index is -0.500. The van der Waals surface area contributed by atoms with Crippen molar-refractivity contribution in [2.45, 2.75) is 12.8 Å². The summed E-state index contributed by atoms with van der Waals surface area (Å²) in [5.41, 5.74) is 1.20. The zero-order valence-corrected chi connectivity index (χ0v) is 14.8. The van der Waals surface area contributed by atoms with Gasteiger partial charge >= 0.3 is 5.97 Å². The zero-order valence-electron chi connectivity index (χ0n) is 14.8. The molecule has 0 radical (unpaired) electrons. The highest BCUT2D eigenvalue weighted by molar-refractivity contribution is 6.21. The van der Waals surface area contributed by atoms with Crippen LogP contribution in [0.2, 0.25) is 0 Å². The molecule has 2 aromatic carbocycles. The van der Waals surface area contributed by atoms with Crippen molar-refractivity contribution in [1.82, 2.24) is 4.90 Å². The molecule has 2 aliphatic heterocycles. The normalized spacial score (nSPS) is 14.9. The van der Waals surface area contributed by atoms with Crippen LogP contribution in [0.5, 0.6) is 11.5 Å². The topological polar surface area (TPSA) is 102 Å². The third-order valence-corrected chi connectivity index (χ3v) is 4.46. The van der Waals surface area contributed by atoms with Gasteiger partial charge in [0.05, 0.1) is 16.8 Å². The van der Waals surface area contributed by atoms with Crippen molar-refractivity contribution in [2.75, 3.05) is 18.5 Å². The lowest BCUT2D eigenvalue weighted by atomic mass is 10.1. The summed E-state index contributed by atoms with van der Waals surface area (Å²) >= 11 is 0. The van der Waals surface area contributed by atoms with Gasteiger partial charge in [-0.15, -0.1) is 0 Å². The zero-order chi connectivity index (χ0) is 19.7. The number of esters is 1. The molecule has 8 nitrogen and oxygen atoms in total. The predicted octanol–water partition coefficient (Wildman–Crippen LogP) is 2.00. The molecule has 28 heavy (non-hydrogen) atoms. The van der Waals surface area contributed by atoms with E-state index in [4.69, 9.17) is 9.47 Å². The summed E-state index contributed by atoms with van der Waals surface area (Å²) < 4.78 is 10.5. The fraction of sp³-hybridized carbons (Fsp3) is 0.200. The molecule has 0 atom stereocenters. The molecular weight excluding hydrogens is 364 g/mol. The Bertz CT molecular complexity index is 965. The summed E-state index contributed by atoms with van der Waals surface area (Å²) in [6.07, 6.45) is 0.322. The number of imide groups is 1. The lowest BCUT2D eigenvalue weighted by molar-refractivity contribution is -0.134. The van der Waals surface area contributed by atoms with Gasteiger partial charge in [-0.25, -0.2) is 0 Å². The van der Waals surface area contributed by atoms with Crippen LogP contribution in [0.3, 0.4) is 0 Å². The molecule has 0 aliphatic carbocycles. The van der Waals surface area contributed by atoms with Crippen LogP contribution in [0.25, 0.3) is 0 Å². The standard InChI is InChI=1S/C20H16N2O6/c23-17-11-27-16-8-7-12(10-15(16)21-17)28-18(24)6-3-9-22-19(25)13-4-1-2-5-14(13)20(22)26/h1-2,4-5,7-8,10H,3,6,9,11H2,(H,21,23). The number of hydrogen-bond acceptors (Lipinski definition) is 6. The summed E-state index contributed by atoms with van der Waals surface area (Å²) in [6.45, 7) is 0.0828. The van der Waals surface area contributed by atoms with Crippen LogP contribution in [0.4, 0.5) is 5.69 Å². The van der Waals surface area contributed by atoms with E-state index < -0.39 is 5.97 Å². The Morgan fingerprint density at radius 2 is 1.79 bits per heavy atom. The molecule has 1 N–H and O–H groups in total. The fourth-order valence-electron chi connectivity index (χ4n) is 3.13. The van der Waals surface area contributed by atoms with Gasteiger partial charge in [0.1, 0.15) is 11.5 Å². The SMILES string of the molecule is O=C1COc2ccc(OC(=O)CCCN3C(=O)c4ccccc4C3=O)cc2N1. The van der Waals surface area contributed by atoms with Crippen LogP contribution in [-0.4, -0.2) is 41.7 Å². The number of amides is 3. The van der Waals surface area contributed by atoms with Crippen molar-refractivity contribution in [2.24, 2.45) is 0 Å². The summed E-state index contributed by atoms with van der Waals surface area (Å²) in [5.74, 6) is -0.698. The Morgan fingerprint density at radius 1 is 1.07 bits per heavy atom. The first kappa shape index (κ1) is 17.7. The van der Waals surface area contributed by atoms with E-state index in [9.17, 15) is 19.2 Å².